The number of carbonyl (C=O) groups excluding carboxylic acids is 2. The highest BCUT2D eigenvalue weighted by atomic mass is 79.9. The summed E-state index contributed by atoms with van der Waals surface area (Å²) in [4.78, 5) is 23.7. The molecular formula is C12H12Br2N2O2. The van der Waals surface area contributed by atoms with Gasteiger partial charge in [0.15, 0.2) is 0 Å². The molecule has 2 rings (SSSR count). The van der Waals surface area contributed by atoms with Gasteiger partial charge in [-0.05, 0) is 37.6 Å². The molecule has 0 bridgehead atoms. The van der Waals surface area contributed by atoms with E-state index in [2.05, 4.69) is 42.7 Å². The number of carbonyl (C=O) groups is 2. The summed E-state index contributed by atoms with van der Waals surface area (Å²) in [6, 6.07) is 6.90. The molecule has 0 unspecified atom stereocenters. The van der Waals surface area contributed by atoms with Crippen LogP contribution in [-0.4, -0.2) is 16.6 Å². The maximum atomic E-state index is 11.8. The molecule has 1 aromatic rings. The Labute approximate surface area is 122 Å². The lowest BCUT2D eigenvalue weighted by atomic mass is 10.1. The molecule has 0 heterocycles. The van der Waals surface area contributed by atoms with Crippen LogP contribution in [0, 0.1) is 5.41 Å². The first kappa shape index (κ1) is 13.5. The van der Waals surface area contributed by atoms with Gasteiger partial charge in [-0.3, -0.25) is 20.4 Å². The van der Waals surface area contributed by atoms with E-state index >= 15 is 0 Å². The van der Waals surface area contributed by atoms with Gasteiger partial charge < -0.3 is 0 Å². The Bertz CT molecular complexity index is 489. The maximum absolute atomic E-state index is 11.8. The number of amides is 2. The van der Waals surface area contributed by atoms with Gasteiger partial charge in [0.25, 0.3) is 5.91 Å². The van der Waals surface area contributed by atoms with Crippen molar-refractivity contribution in [3.8, 4) is 0 Å². The quantitative estimate of drug-likeness (QED) is 0.615. The van der Waals surface area contributed by atoms with Gasteiger partial charge in [-0.15, -0.1) is 0 Å². The van der Waals surface area contributed by atoms with E-state index in [0.717, 1.165) is 10.9 Å². The number of hydrogen-bond acceptors (Lipinski definition) is 2. The normalized spacial score (nSPS) is 25.4. The minimum atomic E-state index is -0.410. The highest BCUT2D eigenvalue weighted by Gasteiger charge is 2.54. The molecule has 4 nitrogen and oxygen atoms in total. The minimum absolute atomic E-state index is 0.171. The van der Waals surface area contributed by atoms with Crippen molar-refractivity contribution in [3.05, 3.63) is 34.3 Å². The molecule has 1 fully saturated rings. The zero-order valence-electron chi connectivity index (χ0n) is 9.67. The Hall–Kier alpha value is -0.880. The van der Waals surface area contributed by atoms with Crippen LogP contribution in [0.1, 0.15) is 23.7 Å². The highest BCUT2D eigenvalue weighted by Crippen LogP contribution is 2.51. The van der Waals surface area contributed by atoms with E-state index in [9.17, 15) is 9.59 Å². The van der Waals surface area contributed by atoms with E-state index in [-0.39, 0.29) is 16.6 Å². The van der Waals surface area contributed by atoms with Gasteiger partial charge in [0, 0.05) is 14.9 Å². The Morgan fingerprint density at radius 3 is 2.33 bits per heavy atom. The van der Waals surface area contributed by atoms with Crippen LogP contribution in [0.5, 0.6) is 0 Å². The lowest BCUT2D eigenvalue weighted by Gasteiger charge is -2.11. The number of halogens is 2. The number of benzene rings is 1. The van der Waals surface area contributed by atoms with Crippen LogP contribution in [0.2, 0.25) is 0 Å². The summed E-state index contributed by atoms with van der Waals surface area (Å²) < 4.78 is 0.899. The molecule has 96 valence electrons. The van der Waals surface area contributed by atoms with Crippen molar-refractivity contribution in [2.75, 3.05) is 0 Å². The van der Waals surface area contributed by atoms with Crippen LogP contribution in [0.25, 0.3) is 0 Å². The van der Waals surface area contributed by atoms with Crippen molar-refractivity contribution in [1.29, 1.82) is 0 Å². The van der Waals surface area contributed by atoms with E-state index < -0.39 is 5.41 Å². The molecule has 0 radical (unpaired) electrons. The second-order valence-corrected chi connectivity index (χ2v) is 6.53. The van der Waals surface area contributed by atoms with Gasteiger partial charge in [-0.25, -0.2) is 0 Å². The van der Waals surface area contributed by atoms with Crippen LogP contribution in [0.15, 0.2) is 28.7 Å². The SMILES string of the molecule is C[C@]1(C(=O)NNC(=O)c2ccc(Br)cc2)C[C@@H]1Br. The molecule has 2 amide bonds. The Morgan fingerprint density at radius 1 is 1.28 bits per heavy atom. The first-order valence-electron chi connectivity index (χ1n) is 5.44. The van der Waals surface area contributed by atoms with E-state index in [4.69, 9.17) is 0 Å². The molecule has 6 heteroatoms. The molecule has 0 aliphatic heterocycles. The number of rotatable bonds is 2. The molecule has 1 saturated carbocycles. The van der Waals surface area contributed by atoms with Crippen molar-refractivity contribution in [1.82, 2.24) is 10.9 Å². The summed E-state index contributed by atoms with van der Waals surface area (Å²) in [5, 5.41) is 0. The van der Waals surface area contributed by atoms with E-state index in [0.29, 0.717) is 5.56 Å². The number of hydrazine groups is 1. The Balaban J connectivity index is 1.89. The lowest BCUT2D eigenvalue weighted by molar-refractivity contribution is -0.126. The van der Waals surface area contributed by atoms with Gasteiger partial charge >= 0.3 is 0 Å². The molecule has 0 spiro atoms. The zero-order chi connectivity index (χ0) is 13.3. The van der Waals surface area contributed by atoms with E-state index in [1.165, 1.54) is 0 Å². The first-order valence-corrected chi connectivity index (χ1v) is 7.15. The molecule has 0 saturated heterocycles. The van der Waals surface area contributed by atoms with Crippen molar-refractivity contribution in [2.45, 2.75) is 18.2 Å². The van der Waals surface area contributed by atoms with Gasteiger partial charge in [0.2, 0.25) is 5.91 Å². The predicted octanol–water partition coefficient (Wildman–Crippen LogP) is 2.38. The zero-order valence-corrected chi connectivity index (χ0v) is 12.8. The van der Waals surface area contributed by atoms with E-state index in [1.807, 2.05) is 6.92 Å². The van der Waals surface area contributed by atoms with Crippen LogP contribution in [0.4, 0.5) is 0 Å². The molecular weight excluding hydrogens is 364 g/mol. The Kier molecular flexibility index (Phi) is 3.77. The number of hydrogen-bond donors (Lipinski definition) is 2. The fourth-order valence-electron chi connectivity index (χ4n) is 1.48. The molecule has 1 aromatic carbocycles. The molecule has 2 atom stereocenters. The van der Waals surface area contributed by atoms with Gasteiger partial charge in [0.1, 0.15) is 0 Å². The topological polar surface area (TPSA) is 58.2 Å². The minimum Gasteiger partial charge on any atom is -0.273 e. The third-order valence-corrected chi connectivity index (χ3v) is 4.91. The summed E-state index contributed by atoms with van der Waals surface area (Å²) >= 11 is 6.68. The van der Waals surface area contributed by atoms with Gasteiger partial charge in [0.05, 0.1) is 5.41 Å². The predicted molar refractivity (Wildman–Crippen MR) is 75.2 cm³/mol. The smallest absolute Gasteiger partial charge is 0.269 e. The third kappa shape index (κ3) is 2.75. The second kappa shape index (κ2) is 5.01. The summed E-state index contributed by atoms with van der Waals surface area (Å²) in [6.45, 7) is 1.85. The summed E-state index contributed by atoms with van der Waals surface area (Å²) in [7, 11) is 0. The average molecular weight is 376 g/mol. The van der Waals surface area contributed by atoms with Crippen LogP contribution < -0.4 is 10.9 Å². The Morgan fingerprint density at radius 2 is 1.83 bits per heavy atom. The fraction of sp³-hybridized carbons (Fsp3) is 0.333. The van der Waals surface area contributed by atoms with Gasteiger partial charge in [-0.1, -0.05) is 31.9 Å². The van der Waals surface area contributed by atoms with Crippen molar-refractivity contribution < 1.29 is 9.59 Å². The number of alkyl halides is 1. The van der Waals surface area contributed by atoms with Crippen molar-refractivity contribution >= 4 is 43.7 Å². The molecule has 1 aliphatic carbocycles. The van der Waals surface area contributed by atoms with Crippen LogP contribution in [0.3, 0.4) is 0 Å². The van der Waals surface area contributed by atoms with Crippen molar-refractivity contribution in [3.63, 3.8) is 0 Å². The first-order chi connectivity index (χ1) is 8.43. The third-order valence-electron chi connectivity index (χ3n) is 3.05. The molecule has 0 aromatic heterocycles. The lowest BCUT2D eigenvalue weighted by Crippen LogP contribution is -2.45. The molecule has 2 N–H and O–H groups in total. The summed E-state index contributed by atoms with van der Waals surface area (Å²) in [6.07, 6.45) is 0.785. The maximum Gasteiger partial charge on any atom is 0.269 e. The fourth-order valence-corrected chi connectivity index (χ4v) is 2.62. The summed E-state index contributed by atoms with van der Waals surface area (Å²) in [5.74, 6) is -0.499. The molecule has 1 aliphatic rings. The number of nitrogens with one attached hydrogen (secondary N) is 2. The van der Waals surface area contributed by atoms with Crippen LogP contribution >= 0.6 is 31.9 Å². The van der Waals surface area contributed by atoms with Crippen molar-refractivity contribution in [2.24, 2.45) is 5.41 Å². The highest BCUT2D eigenvalue weighted by molar-refractivity contribution is 9.10. The standard InChI is InChI=1S/C12H12Br2N2O2/c1-12(6-9(12)14)11(18)16-15-10(17)7-2-4-8(13)5-3-7/h2-5,9H,6H2,1H3,(H,15,17)(H,16,18)/t9-,12-/m0/s1. The second-order valence-electron chi connectivity index (χ2n) is 4.50. The monoisotopic (exact) mass is 374 g/mol. The molecule has 18 heavy (non-hydrogen) atoms. The van der Waals surface area contributed by atoms with Gasteiger partial charge in [-0.2, -0.15) is 0 Å². The van der Waals surface area contributed by atoms with E-state index in [1.54, 1.807) is 24.3 Å². The van der Waals surface area contributed by atoms with Crippen LogP contribution in [-0.2, 0) is 4.79 Å². The average Bonchev–Trinajstić information content (AvgIpc) is 2.96. The largest absolute Gasteiger partial charge is 0.273 e. The summed E-state index contributed by atoms with van der Waals surface area (Å²) in [5.41, 5.74) is 4.94.